The van der Waals surface area contributed by atoms with E-state index in [4.69, 9.17) is 4.74 Å². The number of fused-ring (bicyclic) bond motifs is 3. The van der Waals surface area contributed by atoms with Crippen molar-refractivity contribution < 1.29 is 29.3 Å². The van der Waals surface area contributed by atoms with Crippen molar-refractivity contribution in [3.8, 4) is 11.1 Å². The number of nitrogens with zero attached hydrogens (tertiary/aromatic N) is 1. The number of nitrogens with one attached hydrogen (secondary N) is 1. The van der Waals surface area contributed by atoms with Crippen molar-refractivity contribution in [2.75, 3.05) is 19.7 Å². The number of ether oxygens (including phenoxy) is 1. The summed E-state index contributed by atoms with van der Waals surface area (Å²) in [5.74, 6) is -1.62. The average molecular weight is 467 g/mol. The van der Waals surface area contributed by atoms with Crippen LogP contribution >= 0.6 is 0 Å². The molecule has 0 saturated carbocycles. The number of carbonyl (C=O) groups excluding carboxylic acids is 2. The van der Waals surface area contributed by atoms with Gasteiger partial charge in [0.2, 0.25) is 5.91 Å². The largest absolute Gasteiger partial charge is 0.480 e. The summed E-state index contributed by atoms with van der Waals surface area (Å²) in [4.78, 5) is 38.5. The number of aliphatic carboxylic acids is 1. The van der Waals surface area contributed by atoms with Crippen LogP contribution in [0.5, 0.6) is 0 Å². The first-order valence-electron chi connectivity index (χ1n) is 11.6. The first kappa shape index (κ1) is 23.8. The topological polar surface area (TPSA) is 116 Å². The minimum atomic E-state index is -1.15. The maximum Gasteiger partial charge on any atom is 0.407 e. The number of aliphatic hydroxyl groups excluding tert-OH is 1. The first-order chi connectivity index (χ1) is 16.2. The molecule has 0 radical (unpaired) electrons. The van der Waals surface area contributed by atoms with Crippen LogP contribution < -0.4 is 5.32 Å². The number of β-amino-alcohol motifs (C(OH)–C–C–N with tert-alkyl or cyclic N) is 1. The van der Waals surface area contributed by atoms with Crippen LogP contribution in [-0.2, 0) is 14.3 Å². The lowest BCUT2D eigenvalue weighted by molar-refractivity contribution is -0.152. The van der Waals surface area contributed by atoms with Crippen LogP contribution in [0.4, 0.5) is 4.79 Å². The molecule has 1 aliphatic carbocycles. The Morgan fingerprint density at radius 1 is 1.09 bits per heavy atom. The summed E-state index contributed by atoms with van der Waals surface area (Å²) in [6.45, 7) is 3.62. The molecule has 1 heterocycles. The van der Waals surface area contributed by atoms with E-state index in [9.17, 15) is 24.6 Å². The molecule has 1 aliphatic heterocycles. The number of benzene rings is 2. The molecule has 8 heteroatoms. The van der Waals surface area contributed by atoms with Gasteiger partial charge in [-0.3, -0.25) is 4.79 Å². The number of carbonyl (C=O) groups is 3. The van der Waals surface area contributed by atoms with E-state index in [1.54, 1.807) is 13.8 Å². The Balaban J connectivity index is 1.39. The molecule has 4 rings (SSSR count). The van der Waals surface area contributed by atoms with Gasteiger partial charge in [-0.05, 0) is 35.6 Å². The molecule has 8 nitrogen and oxygen atoms in total. The number of carboxylic acids is 1. The summed E-state index contributed by atoms with van der Waals surface area (Å²) < 4.78 is 5.55. The van der Waals surface area contributed by atoms with Gasteiger partial charge in [-0.1, -0.05) is 55.5 Å². The van der Waals surface area contributed by atoms with Gasteiger partial charge in [0.05, 0.1) is 11.5 Å². The molecule has 2 aliphatic rings. The van der Waals surface area contributed by atoms with Gasteiger partial charge < -0.3 is 25.2 Å². The SMILES string of the molecule is CCC(C)(CNC(=O)OCC1c2ccccc2-c2ccccc21)C(=O)N1CC(O)CC1C(=O)O. The molecule has 2 amide bonds. The lowest BCUT2D eigenvalue weighted by Gasteiger charge is -2.33. The summed E-state index contributed by atoms with van der Waals surface area (Å²) in [5, 5.41) is 22.0. The van der Waals surface area contributed by atoms with E-state index in [0.29, 0.717) is 6.42 Å². The highest BCUT2D eigenvalue weighted by Crippen LogP contribution is 2.44. The predicted molar refractivity (Wildman–Crippen MR) is 125 cm³/mol. The zero-order valence-corrected chi connectivity index (χ0v) is 19.4. The quantitative estimate of drug-likeness (QED) is 0.578. The Labute approximate surface area is 198 Å². The summed E-state index contributed by atoms with van der Waals surface area (Å²) in [6, 6.07) is 15.0. The minimum absolute atomic E-state index is 0.000669. The maximum atomic E-state index is 13.2. The van der Waals surface area contributed by atoms with Crippen LogP contribution in [0.15, 0.2) is 48.5 Å². The van der Waals surface area contributed by atoms with Crippen molar-refractivity contribution in [3.05, 3.63) is 59.7 Å². The summed E-state index contributed by atoms with van der Waals surface area (Å²) in [5.41, 5.74) is 3.47. The molecule has 2 aromatic rings. The molecule has 3 unspecified atom stereocenters. The molecule has 34 heavy (non-hydrogen) atoms. The van der Waals surface area contributed by atoms with Crippen molar-refractivity contribution in [1.29, 1.82) is 0 Å². The summed E-state index contributed by atoms with van der Waals surface area (Å²) >= 11 is 0. The molecular weight excluding hydrogens is 436 g/mol. The highest BCUT2D eigenvalue weighted by molar-refractivity contribution is 5.88. The zero-order chi connectivity index (χ0) is 24.5. The Morgan fingerprint density at radius 3 is 2.24 bits per heavy atom. The third-order valence-corrected chi connectivity index (χ3v) is 7.09. The van der Waals surface area contributed by atoms with Crippen molar-refractivity contribution in [2.45, 2.75) is 44.8 Å². The summed E-state index contributed by atoms with van der Waals surface area (Å²) in [6.07, 6.45) is -1.12. The van der Waals surface area contributed by atoms with Crippen molar-refractivity contribution in [1.82, 2.24) is 10.2 Å². The molecule has 0 spiro atoms. The molecule has 3 N–H and O–H groups in total. The molecule has 1 fully saturated rings. The van der Waals surface area contributed by atoms with E-state index in [0.717, 1.165) is 22.3 Å². The van der Waals surface area contributed by atoms with Gasteiger partial charge in [0.1, 0.15) is 12.6 Å². The molecule has 0 bridgehead atoms. The number of hydrogen-bond donors (Lipinski definition) is 3. The van der Waals surface area contributed by atoms with E-state index in [1.807, 2.05) is 36.4 Å². The Hall–Kier alpha value is -3.39. The van der Waals surface area contributed by atoms with Crippen LogP contribution in [-0.4, -0.2) is 64.9 Å². The van der Waals surface area contributed by atoms with Gasteiger partial charge in [-0.15, -0.1) is 0 Å². The number of carboxylic acid groups (broad SMARTS) is 1. The van der Waals surface area contributed by atoms with E-state index in [-0.39, 0.29) is 32.0 Å². The Bertz CT molecular complexity index is 1060. The highest BCUT2D eigenvalue weighted by atomic mass is 16.5. The van der Waals surface area contributed by atoms with Gasteiger partial charge >= 0.3 is 12.1 Å². The smallest absolute Gasteiger partial charge is 0.407 e. The van der Waals surface area contributed by atoms with Crippen LogP contribution in [0.2, 0.25) is 0 Å². The van der Waals surface area contributed by atoms with E-state index in [2.05, 4.69) is 17.4 Å². The van der Waals surface area contributed by atoms with Crippen molar-refractivity contribution in [3.63, 3.8) is 0 Å². The lowest BCUT2D eigenvalue weighted by Crippen LogP contribution is -2.51. The van der Waals surface area contributed by atoms with Crippen LogP contribution in [0, 0.1) is 5.41 Å². The fourth-order valence-corrected chi connectivity index (χ4v) is 4.89. The second kappa shape index (κ2) is 9.46. The third kappa shape index (κ3) is 4.37. The Morgan fingerprint density at radius 2 is 1.68 bits per heavy atom. The number of rotatable bonds is 7. The van der Waals surface area contributed by atoms with Gasteiger partial charge in [0.15, 0.2) is 0 Å². The predicted octanol–water partition coefficient (Wildman–Crippen LogP) is 2.99. The Kier molecular flexibility index (Phi) is 6.61. The van der Waals surface area contributed by atoms with Gasteiger partial charge in [0.25, 0.3) is 0 Å². The molecular formula is C26H30N2O6. The molecule has 1 saturated heterocycles. The molecule has 3 atom stereocenters. The summed E-state index contributed by atoms with van der Waals surface area (Å²) in [7, 11) is 0. The van der Waals surface area contributed by atoms with Gasteiger partial charge in [-0.25, -0.2) is 9.59 Å². The minimum Gasteiger partial charge on any atom is -0.480 e. The number of hydrogen-bond acceptors (Lipinski definition) is 5. The first-order valence-corrected chi connectivity index (χ1v) is 11.6. The second-order valence-corrected chi connectivity index (χ2v) is 9.29. The van der Waals surface area contributed by atoms with Crippen molar-refractivity contribution >= 4 is 18.0 Å². The van der Waals surface area contributed by atoms with E-state index < -0.39 is 35.5 Å². The molecule has 180 valence electrons. The van der Waals surface area contributed by atoms with Crippen molar-refractivity contribution in [2.24, 2.45) is 5.41 Å². The zero-order valence-electron chi connectivity index (χ0n) is 19.4. The number of amides is 2. The van der Waals surface area contributed by atoms with E-state index in [1.165, 1.54) is 4.90 Å². The number of aliphatic hydroxyl groups is 1. The van der Waals surface area contributed by atoms with Crippen LogP contribution in [0.1, 0.15) is 43.7 Å². The fourth-order valence-electron chi connectivity index (χ4n) is 4.89. The van der Waals surface area contributed by atoms with Gasteiger partial charge in [-0.2, -0.15) is 0 Å². The number of likely N-dealkylation sites (tertiary alicyclic amines) is 1. The fraction of sp³-hybridized carbons (Fsp3) is 0.423. The maximum absolute atomic E-state index is 13.2. The lowest BCUT2D eigenvalue weighted by atomic mass is 9.85. The monoisotopic (exact) mass is 466 g/mol. The standard InChI is InChI=1S/C26H30N2O6/c1-3-26(2,24(32)28-13-16(29)12-22(28)23(30)31)15-27-25(33)34-14-21-19-10-6-4-8-17(19)18-9-5-7-11-20(18)21/h4-11,16,21-22,29H,3,12-15H2,1-2H3,(H,27,33)(H,30,31). The van der Waals surface area contributed by atoms with Crippen LogP contribution in [0.3, 0.4) is 0 Å². The van der Waals surface area contributed by atoms with Crippen LogP contribution in [0.25, 0.3) is 11.1 Å². The van der Waals surface area contributed by atoms with E-state index >= 15 is 0 Å². The number of alkyl carbamates (subject to hydrolysis) is 1. The second-order valence-electron chi connectivity index (χ2n) is 9.29. The molecule has 2 aromatic carbocycles. The highest BCUT2D eigenvalue weighted by Gasteiger charge is 2.45. The normalized spacial score (nSPS) is 20.9. The third-order valence-electron chi connectivity index (χ3n) is 7.09. The molecule has 0 aromatic heterocycles. The van der Waals surface area contributed by atoms with Gasteiger partial charge in [0, 0.05) is 25.4 Å². The average Bonchev–Trinajstić information content (AvgIpc) is 3.39.